The molecule has 0 unspecified atom stereocenters. The van der Waals surface area contributed by atoms with Crippen molar-refractivity contribution in [1.29, 1.82) is 0 Å². The maximum absolute atomic E-state index is 6.22. The van der Waals surface area contributed by atoms with Gasteiger partial charge in [0, 0.05) is 42.8 Å². The minimum atomic E-state index is 0.655. The van der Waals surface area contributed by atoms with Crippen LogP contribution in [0.4, 0.5) is 17.1 Å². The molecule has 212 valence electrons. The molecule has 0 aliphatic carbocycles. The summed E-state index contributed by atoms with van der Waals surface area (Å²) < 4.78 is 8.65. The fraction of sp³-hybridized carbons (Fsp3) is 0. The molecule has 0 radical (unpaired) electrons. The van der Waals surface area contributed by atoms with E-state index in [4.69, 9.17) is 9.40 Å². The first kappa shape index (κ1) is 25.8. The Labute approximate surface area is 264 Å². The lowest BCUT2D eigenvalue weighted by Crippen LogP contribution is -2.09. The SMILES string of the molecule is c1ccc(-c2ccc(N(c3ccc4ccccc4c3)c3ccc4c(c3)sc3cccc(-c5nc6ccccc6o5)c34)cc2)cc1. The van der Waals surface area contributed by atoms with E-state index >= 15 is 0 Å². The first-order chi connectivity index (χ1) is 22.3. The molecule has 0 spiro atoms. The maximum atomic E-state index is 6.22. The number of rotatable bonds is 5. The molecule has 9 aromatic rings. The van der Waals surface area contributed by atoms with Gasteiger partial charge in [0.1, 0.15) is 5.52 Å². The molecular weight excluding hydrogens is 569 g/mol. The van der Waals surface area contributed by atoms with E-state index in [1.165, 1.54) is 42.1 Å². The number of anilines is 3. The van der Waals surface area contributed by atoms with Crippen LogP contribution in [0.2, 0.25) is 0 Å². The van der Waals surface area contributed by atoms with Crippen LogP contribution in [-0.4, -0.2) is 4.98 Å². The number of oxazole rings is 1. The van der Waals surface area contributed by atoms with E-state index in [1.807, 2.05) is 24.3 Å². The Morgan fingerprint density at radius 2 is 1.22 bits per heavy atom. The molecule has 9 rings (SSSR count). The highest BCUT2D eigenvalue weighted by Gasteiger charge is 2.18. The van der Waals surface area contributed by atoms with Crippen LogP contribution in [0, 0.1) is 0 Å². The monoisotopic (exact) mass is 594 g/mol. The van der Waals surface area contributed by atoms with Gasteiger partial charge in [0.15, 0.2) is 5.58 Å². The minimum absolute atomic E-state index is 0.655. The van der Waals surface area contributed by atoms with Gasteiger partial charge in [-0.25, -0.2) is 4.98 Å². The van der Waals surface area contributed by atoms with Crippen molar-refractivity contribution in [3.63, 3.8) is 0 Å². The summed E-state index contributed by atoms with van der Waals surface area (Å²) >= 11 is 1.81. The zero-order valence-corrected chi connectivity index (χ0v) is 25.0. The van der Waals surface area contributed by atoms with Crippen LogP contribution in [0.25, 0.3) is 64.6 Å². The average molecular weight is 595 g/mol. The number of thiophene rings is 1. The van der Waals surface area contributed by atoms with Gasteiger partial charge in [0.2, 0.25) is 5.89 Å². The second-order valence-corrected chi connectivity index (χ2v) is 12.3. The van der Waals surface area contributed by atoms with Crippen molar-refractivity contribution in [3.05, 3.63) is 158 Å². The Hall–Kier alpha value is -5.71. The number of fused-ring (bicyclic) bond motifs is 5. The van der Waals surface area contributed by atoms with Crippen molar-refractivity contribution in [1.82, 2.24) is 4.98 Å². The van der Waals surface area contributed by atoms with Crippen LogP contribution >= 0.6 is 11.3 Å². The standard InChI is InChI=1S/C41H26N2OS/c1-2-9-27(10-3-1)29-17-20-31(21-18-29)43(32-22-19-28-11-4-5-12-30(28)25-32)33-23-24-34-39(26-33)45-38-16-8-13-35(40(34)38)41-42-36-14-6-7-15-37(36)44-41/h1-26H. The number of hydrogen-bond donors (Lipinski definition) is 0. The van der Waals surface area contributed by atoms with E-state index in [0.717, 1.165) is 33.7 Å². The molecule has 2 aromatic heterocycles. The molecule has 0 fully saturated rings. The van der Waals surface area contributed by atoms with Gasteiger partial charge in [0.05, 0.1) is 0 Å². The highest BCUT2D eigenvalue weighted by atomic mass is 32.1. The summed E-state index contributed by atoms with van der Waals surface area (Å²) in [5.41, 5.74) is 8.44. The van der Waals surface area contributed by atoms with Crippen molar-refractivity contribution in [2.24, 2.45) is 0 Å². The second kappa shape index (κ2) is 10.5. The summed E-state index contributed by atoms with van der Waals surface area (Å²) in [6, 6.07) is 55.8. The molecule has 0 atom stereocenters. The van der Waals surface area contributed by atoms with Gasteiger partial charge >= 0.3 is 0 Å². The van der Waals surface area contributed by atoms with Crippen LogP contribution in [0.15, 0.2) is 162 Å². The summed E-state index contributed by atoms with van der Waals surface area (Å²) in [4.78, 5) is 7.18. The predicted molar refractivity (Wildman–Crippen MR) is 190 cm³/mol. The van der Waals surface area contributed by atoms with Gasteiger partial charge < -0.3 is 9.32 Å². The molecule has 0 N–H and O–H groups in total. The molecule has 2 heterocycles. The largest absolute Gasteiger partial charge is 0.436 e. The second-order valence-electron chi connectivity index (χ2n) is 11.2. The normalized spacial score (nSPS) is 11.6. The molecule has 0 bridgehead atoms. The van der Waals surface area contributed by atoms with E-state index in [-0.39, 0.29) is 0 Å². The third kappa shape index (κ3) is 4.46. The first-order valence-corrected chi connectivity index (χ1v) is 15.9. The lowest BCUT2D eigenvalue weighted by molar-refractivity contribution is 0.620. The zero-order chi connectivity index (χ0) is 29.7. The minimum Gasteiger partial charge on any atom is -0.436 e. The van der Waals surface area contributed by atoms with Gasteiger partial charge in [-0.15, -0.1) is 11.3 Å². The number of nitrogens with zero attached hydrogens (tertiary/aromatic N) is 2. The van der Waals surface area contributed by atoms with Crippen LogP contribution in [-0.2, 0) is 0 Å². The topological polar surface area (TPSA) is 29.3 Å². The van der Waals surface area contributed by atoms with E-state index < -0.39 is 0 Å². The van der Waals surface area contributed by atoms with Gasteiger partial charge in [-0.1, -0.05) is 97.1 Å². The van der Waals surface area contributed by atoms with Crippen molar-refractivity contribution in [2.45, 2.75) is 0 Å². The van der Waals surface area contributed by atoms with Crippen molar-refractivity contribution < 1.29 is 4.42 Å². The number of benzene rings is 7. The lowest BCUT2D eigenvalue weighted by Gasteiger charge is -2.26. The predicted octanol–water partition coefficient (Wildman–Crippen LogP) is 12.2. The van der Waals surface area contributed by atoms with Crippen molar-refractivity contribution >= 4 is 70.4 Å². The Balaban J connectivity index is 1.20. The van der Waals surface area contributed by atoms with Gasteiger partial charge in [0.25, 0.3) is 0 Å². The Bertz CT molecular complexity index is 2460. The molecule has 0 saturated carbocycles. The highest BCUT2D eigenvalue weighted by Crippen LogP contribution is 2.44. The third-order valence-electron chi connectivity index (χ3n) is 8.49. The number of aromatic nitrogens is 1. The Morgan fingerprint density at radius 1 is 0.511 bits per heavy atom. The molecule has 45 heavy (non-hydrogen) atoms. The fourth-order valence-electron chi connectivity index (χ4n) is 6.32. The average Bonchev–Trinajstić information content (AvgIpc) is 3.71. The smallest absolute Gasteiger partial charge is 0.227 e. The van der Waals surface area contributed by atoms with E-state index in [2.05, 4.69) is 138 Å². The van der Waals surface area contributed by atoms with E-state index in [1.54, 1.807) is 11.3 Å². The fourth-order valence-corrected chi connectivity index (χ4v) is 7.48. The van der Waals surface area contributed by atoms with Gasteiger partial charge in [-0.2, -0.15) is 0 Å². The molecule has 0 saturated heterocycles. The van der Waals surface area contributed by atoms with E-state index in [9.17, 15) is 0 Å². The van der Waals surface area contributed by atoms with Crippen molar-refractivity contribution in [3.8, 4) is 22.6 Å². The summed E-state index contributed by atoms with van der Waals surface area (Å²) in [7, 11) is 0. The Morgan fingerprint density at radius 3 is 2.09 bits per heavy atom. The van der Waals surface area contributed by atoms with Crippen molar-refractivity contribution in [2.75, 3.05) is 4.90 Å². The maximum Gasteiger partial charge on any atom is 0.227 e. The van der Waals surface area contributed by atoms with Crippen LogP contribution in [0.3, 0.4) is 0 Å². The lowest BCUT2D eigenvalue weighted by atomic mass is 10.0. The van der Waals surface area contributed by atoms with E-state index in [0.29, 0.717) is 5.89 Å². The highest BCUT2D eigenvalue weighted by molar-refractivity contribution is 7.26. The third-order valence-corrected chi connectivity index (χ3v) is 9.60. The van der Waals surface area contributed by atoms with Gasteiger partial charge in [-0.3, -0.25) is 0 Å². The van der Waals surface area contributed by atoms with Gasteiger partial charge in [-0.05, 0) is 82.6 Å². The molecule has 4 heteroatoms. The number of hydrogen-bond acceptors (Lipinski definition) is 4. The molecule has 0 amide bonds. The number of para-hydroxylation sites is 2. The molecule has 3 nitrogen and oxygen atoms in total. The summed E-state index contributed by atoms with van der Waals surface area (Å²) in [6.07, 6.45) is 0. The van der Waals surface area contributed by atoms with Crippen LogP contribution in [0.1, 0.15) is 0 Å². The molecule has 0 aliphatic rings. The first-order valence-electron chi connectivity index (χ1n) is 15.0. The zero-order valence-electron chi connectivity index (χ0n) is 24.2. The molecule has 7 aromatic carbocycles. The summed E-state index contributed by atoms with van der Waals surface area (Å²) in [5.74, 6) is 0.655. The Kier molecular flexibility index (Phi) is 6.00. The summed E-state index contributed by atoms with van der Waals surface area (Å²) in [6.45, 7) is 0. The molecular formula is C41H26N2OS. The van der Waals surface area contributed by atoms with Crippen LogP contribution < -0.4 is 4.90 Å². The quantitative estimate of drug-likeness (QED) is 0.198. The summed E-state index contributed by atoms with van der Waals surface area (Å²) in [5, 5.41) is 4.83. The molecule has 0 aliphatic heterocycles. The van der Waals surface area contributed by atoms with Crippen LogP contribution in [0.5, 0.6) is 0 Å².